The van der Waals surface area contributed by atoms with Crippen LogP contribution < -0.4 is 20.1 Å². The smallest absolute Gasteiger partial charge is 0.171 e. The molecule has 2 rings (SSSR count). The van der Waals surface area contributed by atoms with E-state index in [1.165, 1.54) is 0 Å². The maximum absolute atomic E-state index is 6.04. The van der Waals surface area contributed by atoms with E-state index in [1.54, 1.807) is 14.2 Å². The second kappa shape index (κ2) is 8.22. The Bertz CT molecular complexity index is 737. The van der Waals surface area contributed by atoms with E-state index in [0.717, 1.165) is 28.3 Å². The van der Waals surface area contributed by atoms with Gasteiger partial charge < -0.3 is 20.1 Å². The van der Waals surface area contributed by atoms with Gasteiger partial charge in [-0.05, 0) is 62.0 Å². The molecule has 24 heavy (non-hydrogen) atoms. The van der Waals surface area contributed by atoms with Gasteiger partial charge in [0.1, 0.15) is 11.5 Å². The molecular formula is C18H21ClN2O2S. The highest BCUT2D eigenvalue weighted by Gasteiger charge is 2.14. The van der Waals surface area contributed by atoms with Crippen LogP contribution in [0.5, 0.6) is 11.5 Å². The Kier molecular flexibility index (Phi) is 6.29. The van der Waals surface area contributed by atoms with Gasteiger partial charge in [0.15, 0.2) is 5.11 Å². The molecule has 0 amide bonds. The van der Waals surface area contributed by atoms with Gasteiger partial charge in [0.2, 0.25) is 0 Å². The minimum Gasteiger partial charge on any atom is -0.497 e. The molecule has 0 aliphatic rings. The largest absolute Gasteiger partial charge is 0.497 e. The molecule has 0 aromatic heterocycles. The highest BCUT2D eigenvalue weighted by molar-refractivity contribution is 7.80. The molecule has 0 bridgehead atoms. The predicted molar refractivity (Wildman–Crippen MR) is 104 cm³/mol. The summed E-state index contributed by atoms with van der Waals surface area (Å²) in [6, 6.07) is 11.3. The third kappa shape index (κ3) is 4.52. The lowest BCUT2D eigenvalue weighted by Gasteiger charge is -2.20. The Balaban J connectivity index is 2.12. The summed E-state index contributed by atoms with van der Waals surface area (Å²) in [5.74, 6) is 1.54. The van der Waals surface area contributed by atoms with Gasteiger partial charge in [0.25, 0.3) is 0 Å². The number of benzene rings is 2. The van der Waals surface area contributed by atoms with Crippen LogP contribution in [0.25, 0.3) is 0 Å². The Morgan fingerprint density at radius 1 is 1.12 bits per heavy atom. The normalized spacial score (nSPS) is 11.5. The molecule has 0 spiro atoms. The van der Waals surface area contributed by atoms with Gasteiger partial charge in [-0.2, -0.15) is 0 Å². The van der Waals surface area contributed by atoms with Crippen molar-refractivity contribution >= 4 is 34.6 Å². The number of halogens is 1. The average Bonchev–Trinajstić information content (AvgIpc) is 2.57. The zero-order valence-electron chi connectivity index (χ0n) is 14.1. The molecule has 2 N–H and O–H groups in total. The van der Waals surface area contributed by atoms with E-state index in [9.17, 15) is 0 Å². The van der Waals surface area contributed by atoms with Gasteiger partial charge in [-0.25, -0.2) is 0 Å². The monoisotopic (exact) mass is 364 g/mol. The van der Waals surface area contributed by atoms with E-state index in [-0.39, 0.29) is 6.04 Å². The molecule has 0 aliphatic heterocycles. The van der Waals surface area contributed by atoms with Crippen molar-refractivity contribution in [1.29, 1.82) is 0 Å². The summed E-state index contributed by atoms with van der Waals surface area (Å²) in [6.45, 7) is 4.01. The van der Waals surface area contributed by atoms with Gasteiger partial charge >= 0.3 is 0 Å². The van der Waals surface area contributed by atoms with Crippen molar-refractivity contribution in [2.75, 3.05) is 19.5 Å². The fraction of sp³-hybridized carbons (Fsp3) is 0.278. The molecule has 0 heterocycles. The maximum atomic E-state index is 6.04. The summed E-state index contributed by atoms with van der Waals surface area (Å²) in [4.78, 5) is 0. The molecule has 2 aromatic rings. The summed E-state index contributed by atoms with van der Waals surface area (Å²) >= 11 is 11.5. The van der Waals surface area contributed by atoms with Crippen molar-refractivity contribution < 1.29 is 9.47 Å². The molecule has 1 atom stereocenters. The Morgan fingerprint density at radius 3 is 2.54 bits per heavy atom. The number of hydrogen-bond donors (Lipinski definition) is 2. The summed E-state index contributed by atoms with van der Waals surface area (Å²) in [6.07, 6.45) is 0. The molecule has 1 unspecified atom stereocenters. The van der Waals surface area contributed by atoms with Gasteiger partial charge in [-0.3, -0.25) is 0 Å². The number of anilines is 1. The summed E-state index contributed by atoms with van der Waals surface area (Å²) < 4.78 is 10.7. The van der Waals surface area contributed by atoms with Crippen LogP contribution in [0.3, 0.4) is 0 Å². The quantitative estimate of drug-likeness (QED) is 0.752. The predicted octanol–water partition coefficient (Wildman–Crippen LogP) is 4.71. The van der Waals surface area contributed by atoms with Crippen molar-refractivity contribution in [3.05, 3.63) is 52.5 Å². The van der Waals surface area contributed by atoms with Crippen LogP contribution in [0.2, 0.25) is 5.02 Å². The first kappa shape index (κ1) is 18.4. The second-order valence-corrected chi connectivity index (χ2v) is 6.23. The number of rotatable bonds is 5. The van der Waals surface area contributed by atoms with Gasteiger partial charge in [0.05, 0.1) is 20.3 Å². The molecule has 0 aliphatic carbocycles. The minimum atomic E-state index is -0.0606. The highest BCUT2D eigenvalue weighted by atomic mass is 35.5. The Morgan fingerprint density at radius 2 is 1.88 bits per heavy atom. The van der Waals surface area contributed by atoms with Crippen molar-refractivity contribution in [2.24, 2.45) is 0 Å². The minimum absolute atomic E-state index is 0.0606. The Hall–Kier alpha value is -1.98. The summed E-state index contributed by atoms with van der Waals surface area (Å²) in [5, 5.41) is 7.61. The van der Waals surface area contributed by atoms with Crippen LogP contribution in [0.4, 0.5) is 5.69 Å². The molecule has 0 radical (unpaired) electrons. The molecule has 6 heteroatoms. The SMILES string of the molecule is COc1ccc(OC)c(C(C)NC(=S)Nc2cc(Cl)ccc2C)c1. The third-order valence-corrected chi connectivity index (χ3v) is 4.15. The summed E-state index contributed by atoms with van der Waals surface area (Å²) in [7, 11) is 3.28. The molecule has 0 saturated heterocycles. The molecule has 0 saturated carbocycles. The van der Waals surface area contributed by atoms with Gasteiger partial charge in [-0.15, -0.1) is 0 Å². The van der Waals surface area contributed by atoms with E-state index in [4.69, 9.17) is 33.3 Å². The fourth-order valence-corrected chi connectivity index (χ4v) is 2.80. The van der Waals surface area contributed by atoms with Crippen molar-refractivity contribution in [2.45, 2.75) is 19.9 Å². The number of hydrogen-bond acceptors (Lipinski definition) is 3. The van der Waals surface area contributed by atoms with Crippen LogP contribution in [0.15, 0.2) is 36.4 Å². The van der Waals surface area contributed by atoms with Crippen molar-refractivity contribution in [3.63, 3.8) is 0 Å². The van der Waals surface area contributed by atoms with E-state index in [0.29, 0.717) is 10.1 Å². The van der Waals surface area contributed by atoms with E-state index >= 15 is 0 Å². The molecule has 128 valence electrons. The van der Waals surface area contributed by atoms with Gasteiger partial charge in [0, 0.05) is 16.3 Å². The first-order valence-corrected chi connectivity index (χ1v) is 8.28. The van der Waals surface area contributed by atoms with E-state index in [2.05, 4.69) is 10.6 Å². The molecular weight excluding hydrogens is 344 g/mol. The molecule has 2 aromatic carbocycles. The van der Waals surface area contributed by atoms with Crippen LogP contribution in [-0.4, -0.2) is 19.3 Å². The van der Waals surface area contributed by atoms with Crippen LogP contribution >= 0.6 is 23.8 Å². The molecule has 0 fully saturated rings. The number of methoxy groups -OCH3 is 2. The maximum Gasteiger partial charge on any atom is 0.171 e. The highest BCUT2D eigenvalue weighted by Crippen LogP contribution is 2.29. The van der Waals surface area contributed by atoms with Crippen LogP contribution in [-0.2, 0) is 0 Å². The number of aryl methyl sites for hydroxylation is 1. The van der Waals surface area contributed by atoms with Gasteiger partial charge in [-0.1, -0.05) is 17.7 Å². The van der Waals surface area contributed by atoms with E-state index in [1.807, 2.05) is 50.2 Å². The topological polar surface area (TPSA) is 42.5 Å². The zero-order valence-corrected chi connectivity index (χ0v) is 15.7. The summed E-state index contributed by atoms with van der Waals surface area (Å²) in [5.41, 5.74) is 2.91. The zero-order chi connectivity index (χ0) is 17.7. The lowest BCUT2D eigenvalue weighted by atomic mass is 10.1. The molecule has 4 nitrogen and oxygen atoms in total. The second-order valence-electron chi connectivity index (χ2n) is 5.39. The third-order valence-electron chi connectivity index (χ3n) is 3.70. The number of nitrogens with one attached hydrogen (secondary N) is 2. The lowest BCUT2D eigenvalue weighted by molar-refractivity contribution is 0.395. The fourth-order valence-electron chi connectivity index (χ4n) is 2.34. The van der Waals surface area contributed by atoms with Crippen molar-refractivity contribution in [3.8, 4) is 11.5 Å². The number of thiocarbonyl (C=S) groups is 1. The average molecular weight is 365 g/mol. The standard InChI is InChI=1S/C18H21ClN2O2S/c1-11-5-6-13(19)9-16(11)21-18(24)20-12(2)15-10-14(22-3)7-8-17(15)23-4/h5-10,12H,1-4H3,(H2,20,21,24). The van der Waals surface area contributed by atoms with Crippen molar-refractivity contribution in [1.82, 2.24) is 5.32 Å². The Labute approximate surface area is 153 Å². The first-order chi connectivity index (χ1) is 11.4. The van der Waals surface area contributed by atoms with Crippen LogP contribution in [0, 0.1) is 6.92 Å². The van der Waals surface area contributed by atoms with Crippen LogP contribution in [0.1, 0.15) is 24.1 Å². The lowest BCUT2D eigenvalue weighted by Crippen LogP contribution is -2.31. The number of ether oxygens (including phenoxy) is 2. The first-order valence-electron chi connectivity index (χ1n) is 7.50. The van der Waals surface area contributed by atoms with E-state index < -0.39 is 0 Å².